The van der Waals surface area contributed by atoms with Gasteiger partial charge in [0.2, 0.25) is 0 Å². The van der Waals surface area contributed by atoms with E-state index in [9.17, 15) is 5.26 Å². The Morgan fingerprint density at radius 2 is 1.92 bits per heavy atom. The van der Waals surface area contributed by atoms with E-state index in [2.05, 4.69) is 21.4 Å². The predicted molar refractivity (Wildman–Crippen MR) is 102 cm³/mol. The van der Waals surface area contributed by atoms with Gasteiger partial charge in [0.05, 0.1) is 19.9 Å². The number of hydrogen-bond acceptors (Lipinski definition) is 8. The number of nitrogens with zero attached hydrogens (tertiary/aromatic N) is 3. The van der Waals surface area contributed by atoms with E-state index in [0.717, 1.165) is 12.0 Å². The van der Waals surface area contributed by atoms with E-state index in [0.29, 0.717) is 46.9 Å². The Morgan fingerprint density at radius 1 is 1.15 bits per heavy atom. The highest BCUT2D eigenvalue weighted by Crippen LogP contribution is 2.34. The monoisotopic (exact) mass is 374 g/mol. The number of nitrogens with one attached hydrogen (secondary N) is 1. The molecule has 0 atom stereocenters. The molecule has 0 spiro atoms. The van der Waals surface area contributed by atoms with Gasteiger partial charge in [-0.05, 0) is 30.9 Å². The maximum atomic E-state index is 9.70. The van der Waals surface area contributed by atoms with Crippen LogP contribution in [0, 0.1) is 11.3 Å². The van der Waals surface area contributed by atoms with Crippen molar-refractivity contribution in [3.05, 3.63) is 23.8 Å². The number of aromatic nitrogens is 2. The second-order valence-corrected chi connectivity index (χ2v) is 6.01. The van der Waals surface area contributed by atoms with Crippen molar-refractivity contribution in [1.29, 1.82) is 5.26 Å². The number of methoxy groups -OCH3 is 3. The van der Waals surface area contributed by atoms with Gasteiger partial charge in [-0.3, -0.25) is 0 Å². The molecule has 0 saturated carbocycles. The third kappa shape index (κ3) is 4.56. The summed E-state index contributed by atoms with van der Waals surface area (Å²) in [5.74, 6) is 1.72. The molecule has 1 aromatic heterocycles. The van der Waals surface area contributed by atoms with Gasteiger partial charge in [0.1, 0.15) is 17.5 Å². The third-order valence-electron chi connectivity index (χ3n) is 3.66. The maximum Gasteiger partial charge on any atom is 0.189 e. The Kier molecular flexibility index (Phi) is 7.51. The third-order valence-corrected chi connectivity index (χ3v) is 4.21. The molecule has 0 radical (unpaired) electrons. The second-order valence-electron chi connectivity index (χ2n) is 5.24. The molecule has 0 amide bonds. The van der Waals surface area contributed by atoms with Crippen LogP contribution in [-0.4, -0.2) is 50.7 Å². The van der Waals surface area contributed by atoms with Gasteiger partial charge in [-0.2, -0.15) is 5.26 Å². The van der Waals surface area contributed by atoms with Gasteiger partial charge in [-0.1, -0.05) is 11.8 Å². The lowest BCUT2D eigenvalue weighted by Gasteiger charge is -2.13. The summed E-state index contributed by atoms with van der Waals surface area (Å²) in [5, 5.41) is 13.5. The maximum absolute atomic E-state index is 9.70. The van der Waals surface area contributed by atoms with E-state index < -0.39 is 0 Å². The zero-order valence-electron chi connectivity index (χ0n) is 15.3. The molecule has 0 fully saturated rings. The molecule has 0 bridgehead atoms. The molecule has 1 heterocycles. The summed E-state index contributed by atoms with van der Waals surface area (Å²) >= 11 is 1.42. The second kappa shape index (κ2) is 9.85. The average molecular weight is 374 g/mol. The van der Waals surface area contributed by atoms with Crippen LogP contribution in [0.5, 0.6) is 11.5 Å². The number of hydrogen-bond donors (Lipinski definition) is 1. The highest BCUT2D eigenvalue weighted by molar-refractivity contribution is 7.98. The van der Waals surface area contributed by atoms with Crippen molar-refractivity contribution in [1.82, 2.24) is 9.97 Å². The minimum absolute atomic E-state index is 0.396. The van der Waals surface area contributed by atoms with Gasteiger partial charge < -0.3 is 19.5 Å². The molecular formula is C18H22N4O3S. The molecule has 0 unspecified atom stereocenters. The average Bonchev–Trinajstić information content (AvgIpc) is 2.69. The molecule has 0 aliphatic heterocycles. The number of anilines is 1. The van der Waals surface area contributed by atoms with Crippen LogP contribution < -0.4 is 14.8 Å². The fraction of sp³-hybridized carbons (Fsp3) is 0.389. The lowest BCUT2D eigenvalue weighted by atomic mass is 10.1. The van der Waals surface area contributed by atoms with Gasteiger partial charge in [0, 0.05) is 25.8 Å². The van der Waals surface area contributed by atoms with Crippen LogP contribution in [-0.2, 0) is 4.74 Å². The summed E-state index contributed by atoms with van der Waals surface area (Å²) in [6, 6.07) is 7.67. The van der Waals surface area contributed by atoms with Crippen molar-refractivity contribution in [2.24, 2.45) is 0 Å². The van der Waals surface area contributed by atoms with E-state index in [1.54, 1.807) is 33.5 Å². The molecule has 26 heavy (non-hydrogen) atoms. The molecule has 8 heteroatoms. The van der Waals surface area contributed by atoms with Gasteiger partial charge in [0.25, 0.3) is 0 Å². The van der Waals surface area contributed by atoms with Gasteiger partial charge in [-0.25, -0.2) is 9.97 Å². The summed E-state index contributed by atoms with van der Waals surface area (Å²) in [6.45, 7) is 1.29. The molecule has 1 N–H and O–H groups in total. The highest BCUT2D eigenvalue weighted by atomic mass is 32.2. The Hall–Kier alpha value is -2.50. The van der Waals surface area contributed by atoms with Crippen LogP contribution in [0.2, 0.25) is 0 Å². The van der Waals surface area contributed by atoms with Crippen molar-refractivity contribution >= 4 is 17.6 Å². The number of ether oxygens (including phenoxy) is 3. The minimum atomic E-state index is 0.396. The first-order valence-electron chi connectivity index (χ1n) is 7.99. The highest BCUT2D eigenvalue weighted by Gasteiger charge is 2.17. The Labute approximate surface area is 157 Å². The summed E-state index contributed by atoms with van der Waals surface area (Å²) in [4.78, 5) is 8.98. The van der Waals surface area contributed by atoms with Crippen molar-refractivity contribution in [3.63, 3.8) is 0 Å². The Morgan fingerprint density at radius 3 is 2.54 bits per heavy atom. The fourth-order valence-electron chi connectivity index (χ4n) is 2.38. The number of benzene rings is 1. The van der Waals surface area contributed by atoms with Crippen LogP contribution in [0.3, 0.4) is 0 Å². The summed E-state index contributed by atoms with van der Waals surface area (Å²) in [6.07, 6.45) is 2.71. The molecule has 1 aromatic carbocycles. The smallest absolute Gasteiger partial charge is 0.189 e. The largest absolute Gasteiger partial charge is 0.493 e. The zero-order valence-corrected chi connectivity index (χ0v) is 16.1. The van der Waals surface area contributed by atoms with E-state index in [1.165, 1.54) is 11.8 Å². The van der Waals surface area contributed by atoms with Crippen molar-refractivity contribution in [3.8, 4) is 28.8 Å². The first-order valence-corrected chi connectivity index (χ1v) is 9.22. The van der Waals surface area contributed by atoms with Crippen molar-refractivity contribution < 1.29 is 14.2 Å². The molecule has 138 valence electrons. The Bertz CT molecular complexity index is 793. The normalized spacial score (nSPS) is 10.3. The van der Waals surface area contributed by atoms with Gasteiger partial charge in [-0.15, -0.1) is 0 Å². The quantitative estimate of drug-likeness (QED) is 0.407. The molecule has 7 nitrogen and oxygen atoms in total. The molecule has 2 aromatic rings. The SMILES string of the molecule is COCCCNc1nc(SC)nc(-c2ccc(OC)c(OC)c2)c1C#N. The molecule has 0 aliphatic carbocycles. The topological polar surface area (TPSA) is 89.3 Å². The minimum Gasteiger partial charge on any atom is -0.493 e. The first kappa shape index (κ1) is 19.8. The van der Waals surface area contributed by atoms with Crippen LogP contribution in [0.15, 0.2) is 23.4 Å². The molecule has 0 aliphatic rings. The lowest BCUT2D eigenvalue weighted by Crippen LogP contribution is -2.10. The van der Waals surface area contributed by atoms with Gasteiger partial charge in [0.15, 0.2) is 16.7 Å². The zero-order chi connectivity index (χ0) is 18.9. The van der Waals surface area contributed by atoms with Crippen LogP contribution in [0.25, 0.3) is 11.3 Å². The van der Waals surface area contributed by atoms with E-state index >= 15 is 0 Å². The lowest BCUT2D eigenvalue weighted by molar-refractivity contribution is 0.197. The Balaban J connectivity index is 2.48. The van der Waals surface area contributed by atoms with E-state index in [4.69, 9.17) is 14.2 Å². The summed E-state index contributed by atoms with van der Waals surface area (Å²) in [7, 11) is 4.81. The predicted octanol–water partition coefficient (Wildman–Crippen LogP) is 3.20. The van der Waals surface area contributed by atoms with E-state index in [1.807, 2.05) is 12.3 Å². The number of nitriles is 1. The van der Waals surface area contributed by atoms with Gasteiger partial charge >= 0.3 is 0 Å². The molecule has 0 saturated heterocycles. The van der Waals surface area contributed by atoms with Crippen LogP contribution in [0.1, 0.15) is 12.0 Å². The number of rotatable bonds is 9. The van der Waals surface area contributed by atoms with Crippen molar-refractivity contribution in [2.45, 2.75) is 11.6 Å². The number of thioether (sulfide) groups is 1. The van der Waals surface area contributed by atoms with Crippen molar-refractivity contribution in [2.75, 3.05) is 46.1 Å². The summed E-state index contributed by atoms with van der Waals surface area (Å²) in [5.41, 5.74) is 1.71. The fourth-order valence-corrected chi connectivity index (χ4v) is 2.75. The molecule has 2 rings (SSSR count). The first-order chi connectivity index (χ1) is 12.7. The van der Waals surface area contributed by atoms with Crippen LogP contribution in [0.4, 0.5) is 5.82 Å². The summed E-state index contributed by atoms with van der Waals surface area (Å²) < 4.78 is 15.7. The van der Waals surface area contributed by atoms with E-state index in [-0.39, 0.29) is 0 Å². The molecular weight excluding hydrogens is 352 g/mol. The standard InChI is InChI=1S/C18H22N4O3S/c1-23-9-5-8-20-17-13(11-19)16(21-18(22-17)26-4)12-6-7-14(24-2)15(10-12)25-3/h6-7,10H,5,8-9H2,1-4H3,(H,20,21,22). The van der Waals surface area contributed by atoms with Crippen LogP contribution >= 0.6 is 11.8 Å².